The van der Waals surface area contributed by atoms with E-state index in [0.717, 1.165) is 27.8 Å². The van der Waals surface area contributed by atoms with E-state index in [0.29, 0.717) is 0 Å². The highest BCUT2D eigenvalue weighted by Gasteiger charge is 2.24. The molecule has 0 saturated carbocycles. The van der Waals surface area contributed by atoms with E-state index >= 15 is 0 Å². The van der Waals surface area contributed by atoms with Crippen LogP contribution in [0.5, 0.6) is 0 Å². The molecular weight excluding hydrogens is 458 g/mol. The summed E-state index contributed by atoms with van der Waals surface area (Å²) in [6, 6.07) is 36.7. The second-order valence-electron chi connectivity index (χ2n) is 9.44. The van der Waals surface area contributed by atoms with Crippen LogP contribution in [0.1, 0.15) is 0 Å². The number of rotatable bonds is 1. The summed E-state index contributed by atoms with van der Waals surface area (Å²) >= 11 is 1.86. The molecule has 0 N–H and O–H groups in total. The van der Waals surface area contributed by atoms with Crippen molar-refractivity contribution >= 4 is 80.9 Å². The lowest BCUT2D eigenvalue weighted by Gasteiger charge is -2.04. The fourth-order valence-corrected chi connectivity index (χ4v) is 7.11. The lowest BCUT2D eigenvalue weighted by atomic mass is 10.0. The summed E-state index contributed by atoms with van der Waals surface area (Å²) in [5.41, 5.74) is 8.50. The zero-order chi connectivity index (χ0) is 23.4. The smallest absolute Gasteiger partial charge is 0.165 e. The molecule has 0 aliphatic carbocycles. The largest absolute Gasteiger partial charge is 0.291 e. The first kappa shape index (κ1) is 18.7. The molecule has 0 amide bonds. The maximum absolute atomic E-state index is 5.32. The van der Waals surface area contributed by atoms with Crippen LogP contribution in [0.2, 0.25) is 0 Å². The molecule has 9 rings (SSSR count). The second-order valence-corrected chi connectivity index (χ2v) is 10.5. The molecule has 36 heavy (non-hydrogen) atoms. The number of fused-ring (bicyclic) bond motifs is 11. The van der Waals surface area contributed by atoms with Crippen molar-refractivity contribution in [1.29, 1.82) is 0 Å². The van der Waals surface area contributed by atoms with E-state index in [1.54, 1.807) is 0 Å². The highest BCUT2D eigenvalue weighted by Crippen LogP contribution is 2.46. The minimum Gasteiger partial charge on any atom is -0.291 e. The summed E-state index contributed by atoms with van der Waals surface area (Å²) in [6.07, 6.45) is 0. The van der Waals surface area contributed by atoms with Crippen LogP contribution in [0.15, 0.2) is 103 Å². The van der Waals surface area contributed by atoms with Crippen LogP contribution in [0.25, 0.3) is 80.7 Å². The Hall–Kier alpha value is -4.54. The van der Waals surface area contributed by atoms with Crippen LogP contribution in [0.3, 0.4) is 0 Å². The normalized spacial score (nSPS) is 12.4. The number of para-hydroxylation sites is 1. The van der Waals surface area contributed by atoms with Crippen molar-refractivity contribution in [1.82, 2.24) is 14.4 Å². The molecular formula is C32H17N3S. The number of nitrogens with zero attached hydrogens (tertiary/aromatic N) is 3. The predicted octanol–water partition coefficient (Wildman–Crippen LogP) is 8.81. The Bertz CT molecular complexity index is 2310. The van der Waals surface area contributed by atoms with Gasteiger partial charge in [-0.15, -0.1) is 11.3 Å². The van der Waals surface area contributed by atoms with Crippen molar-refractivity contribution in [2.24, 2.45) is 0 Å². The van der Waals surface area contributed by atoms with E-state index in [1.807, 2.05) is 17.4 Å². The zero-order valence-corrected chi connectivity index (χ0v) is 19.9. The predicted molar refractivity (Wildman–Crippen MR) is 153 cm³/mol. The van der Waals surface area contributed by atoms with Crippen molar-refractivity contribution in [2.75, 3.05) is 0 Å². The maximum Gasteiger partial charge on any atom is 0.165 e. The Morgan fingerprint density at radius 3 is 2.28 bits per heavy atom. The molecule has 0 unspecified atom stereocenters. The van der Waals surface area contributed by atoms with Gasteiger partial charge in [0, 0.05) is 36.3 Å². The minimum absolute atomic E-state index is 0.915. The molecule has 0 saturated heterocycles. The Morgan fingerprint density at radius 2 is 1.36 bits per heavy atom. The van der Waals surface area contributed by atoms with Gasteiger partial charge in [-0.2, -0.15) is 0 Å². The van der Waals surface area contributed by atoms with Gasteiger partial charge in [-0.25, -0.2) is 9.97 Å². The summed E-state index contributed by atoms with van der Waals surface area (Å²) in [7, 11) is 0. The van der Waals surface area contributed by atoms with Crippen molar-refractivity contribution in [2.45, 2.75) is 0 Å². The number of thiophene rings is 1. The van der Waals surface area contributed by atoms with Crippen LogP contribution in [0.4, 0.5) is 0 Å². The molecule has 4 heteroatoms. The van der Waals surface area contributed by atoms with Crippen molar-refractivity contribution in [3.8, 4) is 11.1 Å². The number of benzene rings is 5. The minimum atomic E-state index is 0.915. The van der Waals surface area contributed by atoms with Gasteiger partial charge in [0.05, 0.1) is 22.1 Å². The van der Waals surface area contributed by atoms with Gasteiger partial charge in [0.1, 0.15) is 5.52 Å². The standard InChI is InChI=1S/C32H17N3S/c1-2-8-18(9-3-1)19-14-15-23-24(16-19)33-30-29-28-21-11-5-7-13-26(21)36-27(28)17-22-20-10-4-6-12-25(20)35(31(22)29)32(30)34-23/h1-17H. The van der Waals surface area contributed by atoms with Crippen molar-refractivity contribution < 1.29 is 0 Å². The number of hydrogen-bond acceptors (Lipinski definition) is 3. The zero-order valence-electron chi connectivity index (χ0n) is 19.1. The molecule has 5 aromatic carbocycles. The third kappa shape index (κ3) is 2.27. The Morgan fingerprint density at radius 1 is 0.556 bits per heavy atom. The number of hydrogen-bond donors (Lipinski definition) is 0. The van der Waals surface area contributed by atoms with Gasteiger partial charge in [0.2, 0.25) is 0 Å². The molecule has 166 valence electrons. The molecule has 0 atom stereocenters. The Balaban J connectivity index is 1.53. The van der Waals surface area contributed by atoms with E-state index in [9.17, 15) is 0 Å². The summed E-state index contributed by atoms with van der Waals surface area (Å²) in [6.45, 7) is 0. The molecule has 9 aromatic rings. The van der Waals surface area contributed by atoms with E-state index in [-0.39, 0.29) is 0 Å². The van der Waals surface area contributed by atoms with E-state index < -0.39 is 0 Å². The van der Waals surface area contributed by atoms with E-state index in [4.69, 9.17) is 9.97 Å². The average molecular weight is 476 g/mol. The fourth-order valence-electron chi connectivity index (χ4n) is 5.96. The maximum atomic E-state index is 5.32. The van der Waals surface area contributed by atoms with E-state index in [2.05, 4.69) is 101 Å². The molecule has 0 spiro atoms. The van der Waals surface area contributed by atoms with Crippen LogP contribution in [0, 0.1) is 0 Å². The summed E-state index contributed by atoms with van der Waals surface area (Å²) < 4.78 is 4.94. The Labute approximate surface area is 209 Å². The summed E-state index contributed by atoms with van der Waals surface area (Å²) in [5.74, 6) is 0. The molecule has 4 aromatic heterocycles. The number of aromatic nitrogens is 3. The van der Waals surface area contributed by atoms with Gasteiger partial charge < -0.3 is 0 Å². The topological polar surface area (TPSA) is 30.2 Å². The highest BCUT2D eigenvalue weighted by atomic mass is 32.1. The van der Waals surface area contributed by atoms with E-state index in [1.165, 1.54) is 52.9 Å². The van der Waals surface area contributed by atoms with Gasteiger partial charge in [-0.3, -0.25) is 4.40 Å². The third-order valence-electron chi connectivity index (χ3n) is 7.50. The quantitative estimate of drug-likeness (QED) is 0.237. The second kappa shape index (κ2) is 6.56. The monoisotopic (exact) mass is 475 g/mol. The molecule has 3 nitrogen and oxygen atoms in total. The van der Waals surface area contributed by atoms with Gasteiger partial charge in [-0.05, 0) is 41.5 Å². The highest BCUT2D eigenvalue weighted by molar-refractivity contribution is 7.26. The van der Waals surface area contributed by atoms with Crippen LogP contribution in [-0.4, -0.2) is 14.4 Å². The average Bonchev–Trinajstić information content (AvgIpc) is 3.57. The van der Waals surface area contributed by atoms with Gasteiger partial charge >= 0.3 is 0 Å². The molecule has 0 radical (unpaired) electrons. The SMILES string of the molecule is c1ccc(-c2ccc3nc4c(nc3c2)c2c3c(cc5c6ccccc6n4c52)sc2ccccc23)cc1. The molecule has 0 bridgehead atoms. The first-order valence-corrected chi connectivity index (χ1v) is 12.9. The third-order valence-corrected chi connectivity index (χ3v) is 8.62. The van der Waals surface area contributed by atoms with Crippen molar-refractivity contribution in [3.63, 3.8) is 0 Å². The molecule has 0 fully saturated rings. The van der Waals surface area contributed by atoms with Crippen LogP contribution < -0.4 is 0 Å². The fraction of sp³-hybridized carbons (Fsp3) is 0. The summed E-state index contributed by atoms with van der Waals surface area (Å²) in [4.78, 5) is 10.5. The molecule has 4 heterocycles. The van der Waals surface area contributed by atoms with Crippen LogP contribution >= 0.6 is 11.3 Å². The van der Waals surface area contributed by atoms with Gasteiger partial charge in [-0.1, -0.05) is 72.8 Å². The molecule has 0 aliphatic heterocycles. The first-order chi connectivity index (χ1) is 17.8. The summed E-state index contributed by atoms with van der Waals surface area (Å²) in [5, 5.41) is 6.33. The molecule has 0 aliphatic rings. The van der Waals surface area contributed by atoms with Gasteiger partial charge in [0.25, 0.3) is 0 Å². The lowest BCUT2D eigenvalue weighted by molar-refractivity contribution is 1.28. The van der Waals surface area contributed by atoms with Crippen LogP contribution in [-0.2, 0) is 0 Å². The van der Waals surface area contributed by atoms with Crippen molar-refractivity contribution in [3.05, 3.63) is 103 Å². The van der Waals surface area contributed by atoms with Gasteiger partial charge in [0.15, 0.2) is 5.65 Å². The Kier molecular flexibility index (Phi) is 3.42. The first-order valence-electron chi connectivity index (χ1n) is 12.1. The lowest BCUT2D eigenvalue weighted by Crippen LogP contribution is -1.90.